The van der Waals surface area contributed by atoms with Crippen molar-refractivity contribution in [1.29, 1.82) is 0 Å². The molecule has 0 radical (unpaired) electrons. The zero-order valence-corrected chi connectivity index (χ0v) is 20.4. The van der Waals surface area contributed by atoms with Crippen molar-refractivity contribution in [3.8, 4) is 5.75 Å². The molecule has 0 bridgehead atoms. The van der Waals surface area contributed by atoms with Crippen LogP contribution in [0.5, 0.6) is 5.75 Å². The molecule has 0 amide bonds. The molecule has 186 valence electrons. The molecular weight excluding hydrogens is 486 g/mol. The van der Waals surface area contributed by atoms with E-state index in [1.165, 1.54) is 12.1 Å². The van der Waals surface area contributed by atoms with Crippen molar-refractivity contribution in [1.82, 2.24) is 4.31 Å². The van der Waals surface area contributed by atoms with Gasteiger partial charge < -0.3 is 25.6 Å². The first kappa shape index (κ1) is 24.9. The Hall–Kier alpha value is -2.18. The molecule has 0 spiro atoms. The number of nitrogens with zero attached hydrogens (tertiary/aromatic N) is 1. The number of aliphatic hydroxyl groups excluding tert-OH is 1. The zero-order chi connectivity index (χ0) is 24.8. The average Bonchev–Trinajstić information content (AvgIpc) is 3.43. The van der Waals surface area contributed by atoms with Gasteiger partial charge in [-0.1, -0.05) is 18.5 Å². The zero-order valence-electron chi connectivity index (χ0n) is 18.9. The fourth-order valence-corrected chi connectivity index (χ4v) is 6.59. The largest absolute Gasteiger partial charge is 0.504 e. The summed E-state index contributed by atoms with van der Waals surface area (Å²) < 4.78 is 33.1. The Morgan fingerprint density at radius 3 is 2.50 bits per heavy atom. The van der Waals surface area contributed by atoms with E-state index in [1.54, 1.807) is 0 Å². The van der Waals surface area contributed by atoms with Crippen LogP contribution in [-0.4, -0.2) is 60.4 Å². The predicted molar refractivity (Wildman–Crippen MR) is 128 cm³/mol. The highest BCUT2D eigenvalue weighted by Gasteiger charge is 2.36. The Kier molecular flexibility index (Phi) is 6.94. The van der Waals surface area contributed by atoms with E-state index in [0.717, 1.165) is 17.1 Å². The number of rotatable bonds is 8. The highest BCUT2D eigenvalue weighted by Crippen LogP contribution is 2.41. The normalized spacial score (nSPS) is 24.5. The molecule has 2 aromatic carbocycles. The van der Waals surface area contributed by atoms with Gasteiger partial charge in [-0.25, -0.2) is 8.42 Å². The summed E-state index contributed by atoms with van der Waals surface area (Å²) in [6, 6.07) is 2.42. The molecule has 10 nitrogen and oxygen atoms in total. The fraction of sp³-hybridized carbons (Fsp3) is 0.545. The van der Waals surface area contributed by atoms with Crippen molar-refractivity contribution in [2.45, 2.75) is 68.8 Å². The van der Waals surface area contributed by atoms with Gasteiger partial charge >= 0.3 is 0 Å². The summed E-state index contributed by atoms with van der Waals surface area (Å²) >= 11 is 6.12. The first-order chi connectivity index (χ1) is 16.0. The van der Waals surface area contributed by atoms with E-state index in [-0.39, 0.29) is 59.8 Å². The Labute approximate surface area is 202 Å². The van der Waals surface area contributed by atoms with Gasteiger partial charge in [0.1, 0.15) is 16.3 Å². The number of phenolic OH excluding ortho intramolecular Hbond substituents is 1. The maximum absolute atomic E-state index is 13.1. The average molecular weight is 514 g/mol. The molecule has 2 fully saturated rings. The van der Waals surface area contributed by atoms with Crippen molar-refractivity contribution in [2.75, 3.05) is 23.7 Å². The van der Waals surface area contributed by atoms with E-state index in [1.807, 2.05) is 13.8 Å². The minimum absolute atomic E-state index is 0.0629. The van der Waals surface area contributed by atoms with Crippen LogP contribution in [0.4, 0.5) is 17.1 Å². The molecule has 0 aliphatic carbocycles. The first-order valence-corrected chi connectivity index (χ1v) is 13.1. The third-order valence-electron chi connectivity index (χ3n) is 6.46. The Bertz CT molecular complexity index is 1260. The first-order valence-electron chi connectivity index (χ1n) is 11.3. The topological polar surface area (TPSA) is 145 Å². The van der Waals surface area contributed by atoms with Gasteiger partial charge in [-0.2, -0.15) is 4.31 Å². The monoisotopic (exact) mass is 513 g/mol. The molecule has 2 heterocycles. The number of β-amino-alcohol motifs (C(OH)–C–C–N with tert-alkyl or cyclic N) is 1. The lowest BCUT2D eigenvalue weighted by atomic mass is 10.0. The molecular formula is C22H28ClN3O7S. The van der Waals surface area contributed by atoms with E-state index in [2.05, 4.69) is 10.6 Å². The summed E-state index contributed by atoms with van der Waals surface area (Å²) in [6.45, 7) is 3.90. The van der Waals surface area contributed by atoms with Crippen LogP contribution < -0.4 is 21.5 Å². The van der Waals surface area contributed by atoms with Crippen molar-refractivity contribution in [3.05, 3.63) is 37.6 Å². The van der Waals surface area contributed by atoms with Gasteiger partial charge in [0.2, 0.25) is 10.0 Å². The standard InChI is InChI=1S/C22H28ClN3O7S/c1-3-14(16-7-4-11(2)33-16)24-17-18(21(30)20(17)29)25-15-6-5-13(23)22(19(15)28)34(31,32)26-9-8-12(27)10-26/h5-6,11-12,14,16,24-25,27-28H,3-4,7-10H2,1-2H3/t11-,12?,14-,16-/m1/s1. The van der Waals surface area contributed by atoms with Gasteiger partial charge in [0.05, 0.1) is 35.1 Å². The second kappa shape index (κ2) is 9.46. The van der Waals surface area contributed by atoms with Crippen LogP contribution in [0.1, 0.15) is 39.5 Å². The van der Waals surface area contributed by atoms with Crippen LogP contribution in [0.25, 0.3) is 0 Å². The number of hydrogen-bond acceptors (Lipinski definition) is 9. The molecule has 4 rings (SSSR count). The highest BCUT2D eigenvalue weighted by molar-refractivity contribution is 7.89. The summed E-state index contributed by atoms with van der Waals surface area (Å²) in [5.74, 6) is -0.673. The molecule has 2 saturated heterocycles. The maximum atomic E-state index is 13.1. The molecule has 1 unspecified atom stereocenters. The number of sulfonamides is 1. The minimum Gasteiger partial charge on any atom is -0.504 e. The van der Waals surface area contributed by atoms with E-state index >= 15 is 0 Å². The molecule has 2 aliphatic heterocycles. The fourth-order valence-electron chi connectivity index (χ4n) is 4.51. The molecule has 4 atom stereocenters. The molecule has 4 N–H and O–H groups in total. The van der Waals surface area contributed by atoms with Gasteiger partial charge in [-0.15, -0.1) is 0 Å². The van der Waals surface area contributed by atoms with Crippen molar-refractivity contribution in [3.63, 3.8) is 0 Å². The Morgan fingerprint density at radius 1 is 1.21 bits per heavy atom. The number of benzene rings is 1. The van der Waals surface area contributed by atoms with Gasteiger partial charge in [0.25, 0.3) is 10.9 Å². The number of phenols is 1. The van der Waals surface area contributed by atoms with Gasteiger partial charge in [-0.3, -0.25) is 9.59 Å². The van der Waals surface area contributed by atoms with Crippen molar-refractivity contribution >= 4 is 38.7 Å². The van der Waals surface area contributed by atoms with E-state index in [9.17, 15) is 28.2 Å². The molecule has 0 saturated carbocycles. The number of nitrogens with one attached hydrogen (secondary N) is 2. The maximum Gasteiger partial charge on any atom is 0.253 e. The Balaban J connectivity index is 1.62. The second-order valence-corrected chi connectivity index (χ2v) is 11.1. The lowest BCUT2D eigenvalue weighted by molar-refractivity contribution is 0.0438. The lowest BCUT2D eigenvalue weighted by Crippen LogP contribution is -2.42. The van der Waals surface area contributed by atoms with Crippen LogP contribution in [-0.2, 0) is 14.8 Å². The van der Waals surface area contributed by atoms with E-state index in [0.29, 0.717) is 6.42 Å². The van der Waals surface area contributed by atoms with E-state index < -0.39 is 37.6 Å². The molecule has 0 aromatic heterocycles. The summed E-state index contributed by atoms with van der Waals surface area (Å²) in [4.78, 5) is 24.1. The van der Waals surface area contributed by atoms with Crippen molar-refractivity contribution in [2.24, 2.45) is 0 Å². The second-order valence-electron chi connectivity index (χ2n) is 8.83. The quantitative estimate of drug-likeness (QED) is 0.307. The Morgan fingerprint density at radius 2 is 1.91 bits per heavy atom. The molecule has 2 aliphatic rings. The smallest absolute Gasteiger partial charge is 0.253 e. The predicted octanol–water partition coefficient (Wildman–Crippen LogP) is 1.90. The molecule has 34 heavy (non-hydrogen) atoms. The highest BCUT2D eigenvalue weighted by atomic mass is 35.5. The number of halogens is 1. The summed E-state index contributed by atoms with van der Waals surface area (Å²) in [7, 11) is -4.21. The van der Waals surface area contributed by atoms with Gasteiger partial charge in [0.15, 0.2) is 5.75 Å². The van der Waals surface area contributed by atoms with Crippen LogP contribution in [0.3, 0.4) is 0 Å². The van der Waals surface area contributed by atoms with E-state index in [4.69, 9.17) is 16.3 Å². The number of ether oxygens (including phenoxy) is 1. The SMILES string of the molecule is CC[C@@H](Nc1c(Nc2ccc(Cl)c(S(=O)(=O)N3CCC(O)C3)c2O)c(=O)c1=O)[C@H]1CC[C@@H](C)O1. The third kappa shape index (κ3) is 4.42. The van der Waals surface area contributed by atoms with Crippen LogP contribution in [0.2, 0.25) is 5.02 Å². The number of aliphatic hydroxyl groups is 1. The molecule has 12 heteroatoms. The molecule has 2 aromatic rings. The summed E-state index contributed by atoms with van der Waals surface area (Å²) in [5, 5.41) is 26.1. The van der Waals surface area contributed by atoms with Crippen LogP contribution in [0.15, 0.2) is 26.6 Å². The number of hydrogen-bond donors (Lipinski definition) is 4. The van der Waals surface area contributed by atoms with Crippen LogP contribution >= 0.6 is 11.6 Å². The number of anilines is 3. The van der Waals surface area contributed by atoms with Gasteiger partial charge in [-0.05, 0) is 44.7 Å². The van der Waals surface area contributed by atoms with Gasteiger partial charge in [0, 0.05) is 13.1 Å². The third-order valence-corrected chi connectivity index (χ3v) is 8.83. The number of aromatic hydroxyl groups is 1. The minimum atomic E-state index is -4.21. The summed E-state index contributed by atoms with van der Waals surface area (Å²) in [5.41, 5.74) is -1.55. The lowest BCUT2D eigenvalue weighted by Gasteiger charge is -2.26. The van der Waals surface area contributed by atoms with Crippen molar-refractivity contribution < 1.29 is 23.4 Å². The van der Waals surface area contributed by atoms with Crippen LogP contribution in [0, 0.1) is 0 Å². The summed E-state index contributed by atoms with van der Waals surface area (Å²) in [6.07, 6.45) is 1.89.